The molecule has 0 fully saturated rings. The normalized spacial score (nSPS) is 13.9. The van der Waals surface area contributed by atoms with Crippen LogP contribution in [0.3, 0.4) is 0 Å². The summed E-state index contributed by atoms with van der Waals surface area (Å²) in [6, 6.07) is 11.7. The standard InChI is InChI=1S/C18H22ClNO5S/c1-18(25-4,13-6-5-7-14(19)10-13)12-20-26(21,22)17-11-15(23-2)8-9-16(17)24-3/h5-11,20H,12H2,1-4H3. The van der Waals surface area contributed by atoms with Crippen LogP contribution in [0.4, 0.5) is 0 Å². The van der Waals surface area contributed by atoms with Gasteiger partial charge in [-0.3, -0.25) is 0 Å². The summed E-state index contributed by atoms with van der Waals surface area (Å²) in [6.07, 6.45) is 0. The third-order valence-electron chi connectivity index (χ3n) is 4.15. The van der Waals surface area contributed by atoms with Crippen LogP contribution in [0, 0.1) is 0 Å². The second-order valence-electron chi connectivity index (χ2n) is 5.79. The van der Waals surface area contributed by atoms with Gasteiger partial charge in [0.2, 0.25) is 10.0 Å². The minimum Gasteiger partial charge on any atom is -0.497 e. The Morgan fingerprint density at radius 1 is 1.08 bits per heavy atom. The first kappa shape index (κ1) is 20.5. The quantitative estimate of drug-likeness (QED) is 0.737. The molecule has 0 bridgehead atoms. The Morgan fingerprint density at radius 2 is 1.81 bits per heavy atom. The largest absolute Gasteiger partial charge is 0.497 e. The van der Waals surface area contributed by atoms with Crippen molar-refractivity contribution >= 4 is 21.6 Å². The van der Waals surface area contributed by atoms with Crippen LogP contribution in [-0.2, 0) is 20.4 Å². The van der Waals surface area contributed by atoms with E-state index in [0.29, 0.717) is 10.8 Å². The highest BCUT2D eigenvalue weighted by atomic mass is 35.5. The molecule has 0 aliphatic carbocycles. The Labute approximate surface area is 159 Å². The van der Waals surface area contributed by atoms with Crippen LogP contribution in [0.15, 0.2) is 47.4 Å². The van der Waals surface area contributed by atoms with E-state index < -0.39 is 15.6 Å². The first-order valence-electron chi connectivity index (χ1n) is 7.78. The summed E-state index contributed by atoms with van der Waals surface area (Å²) >= 11 is 6.04. The average molecular weight is 400 g/mol. The fourth-order valence-corrected chi connectivity index (χ4v) is 3.91. The van der Waals surface area contributed by atoms with Crippen LogP contribution >= 0.6 is 11.6 Å². The van der Waals surface area contributed by atoms with Crippen LogP contribution < -0.4 is 14.2 Å². The molecule has 8 heteroatoms. The van der Waals surface area contributed by atoms with E-state index in [2.05, 4.69) is 4.72 Å². The van der Waals surface area contributed by atoms with E-state index >= 15 is 0 Å². The predicted octanol–water partition coefficient (Wildman–Crippen LogP) is 3.20. The molecule has 0 aliphatic rings. The second-order valence-corrected chi connectivity index (χ2v) is 7.96. The Morgan fingerprint density at radius 3 is 2.38 bits per heavy atom. The number of hydrogen-bond acceptors (Lipinski definition) is 5. The number of methoxy groups -OCH3 is 3. The summed E-state index contributed by atoms with van der Waals surface area (Å²) in [6.45, 7) is 1.79. The monoisotopic (exact) mass is 399 g/mol. The van der Waals surface area contributed by atoms with E-state index in [1.165, 1.54) is 27.4 Å². The number of halogens is 1. The van der Waals surface area contributed by atoms with Crippen molar-refractivity contribution in [2.45, 2.75) is 17.4 Å². The first-order valence-corrected chi connectivity index (χ1v) is 9.65. The van der Waals surface area contributed by atoms with Crippen LogP contribution in [-0.4, -0.2) is 36.3 Å². The molecule has 6 nitrogen and oxygen atoms in total. The molecule has 0 saturated heterocycles. The van der Waals surface area contributed by atoms with Crippen LogP contribution in [0.2, 0.25) is 5.02 Å². The number of benzene rings is 2. The van der Waals surface area contributed by atoms with E-state index in [-0.39, 0.29) is 17.2 Å². The predicted molar refractivity (Wildman–Crippen MR) is 101 cm³/mol. The maximum atomic E-state index is 12.8. The van der Waals surface area contributed by atoms with Gasteiger partial charge < -0.3 is 14.2 Å². The highest BCUT2D eigenvalue weighted by Gasteiger charge is 2.30. The number of rotatable bonds is 8. The summed E-state index contributed by atoms with van der Waals surface area (Å²) in [5, 5.41) is 0.545. The van der Waals surface area contributed by atoms with E-state index in [0.717, 1.165) is 5.56 Å². The molecule has 2 aromatic carbocycles. The molecule has 0 saturated carbocycles. The van der Waals surface area contributed by atoms with Gasteiger partial charge in [-0.25, -0.2) is 13.1 Å². The molecule has 2 aromatic rings. The van der Waals surface area contributed by atoms with Gasteiger partial charge in [0.15, 0.2) is 0 Å². The Hall–Kier alpha value is -1.80. The van der Waals surface area contributed by atoms with Gasteiger partial charge in [0.1, 0.15) is 22.0 Å². The van der Waals surface area contributed by atoms with Gasteiger partial charge in [-0.1, -0.05) is 23.7 Å². The average Bonchev–Trinajstić information content (AvgIpc) is 2.65. The molecule has 0 amide bonds. The molecule has 0 aliphatic heterocycles. The van der Waals surface area contributed by atoms with Crippen LogP contribution in [0.25, 0.3) is 0 Å². The smallest absolute Gasteiger partial charge is 0.244 e. The van der Waals surface area contributed by atoms with Crippen molar-refractivity contribution in [2.24, 2.45) is 0 Å². The number of nitrogens with one attached hydrogen (secondary N) is 1. The van der Waals surface area contributed by atoms with E-state index in [9.17, 15) is 8.42 Å². The van der Waals surface area contributed by atoms with E-state index in [1.807, 2.05) is 6.07 Å². The molecule has 2 rings (SSSR count). The van der Waals surface area contributed by atoms with Crippen molar-refractivity contribution in [3.05, 3.63) is 53.1 Å². The molecule has 1 unspecified atom stereocenters. The Kier molecular flexibility index (Phi) is 6.52. The SMILES string of the molecule is COc1ccc(OC)c(S(=O)(=O)NCC(C)(OC)c2cccc(Cl)c2)c1. The van der Waals surface area contributed by atoms with Gasteiger partial charge in [-0.2, -0.15) is 0 Å². The number of hydrogen-bond donors (Lipinski definition) is 1. The van der Waals surface area contributed by atoms with Crippen LogP contribution in [0.5, 0.6) is 11.5 Å². The summed E-state index contributed by atoms with van der Waals surface area (Å²) in [5.41, 5.74) is -0.142. The van der Waals surface area contributed by atoms with E-state index in [1.54, 1.807) is 37.3 Å². The first-order chi connectivity index (χ1) is 12.3. The molecule has 1 N–H and O–H groups in total. The van der Waals surface area contributed by atoms with Crippen LogP contribution in [0.1, 0.15) is 12.5 Å². The highest BCUT2D eigenvalue weighted by Crippen LogP contribution is 2.30. The van der Waals surface area contributed by atoms with Gasteiger partial charge in [0.05, 0.1) is 14.2 Å². The minimum absolute atomic E-state index is 0.00649. The summed E-state index contributed by atoms with van der Waals surface area (Å²) in [5.74, 6) is 0.635. The lowest BCUT2D eigenvalue weighted by Crippen LogP contribution is -2.40. The highest BCUT2D eigenvalue weighted by molar-refractivity contribution is 7.89. The Balaban J connectivity index is 2.32. The topological polar surface area (TPSA) is 73.9 Å². The van der Waals surface area contributed by atoms with Crippen molar-refractivity contribution in [3.8, 4) is 11.5 Å². The molecule has 0 aromatic heterocycles. The number of ether oxygens (including phenoxy) is 3. The summed E-state index contributed by atoms with van der Waals surface area (Å²) in [4.78, 5) is -0.0103. The Bertz CT molecular complexity index is 872. The zero-order valence-corrected chi connectivity index (χ0v) is 16.6. The fourth-order valence-electron chi connectivity index (χ4n) is 2.41. The van der Waals surface area contributed by atoms with Crippen molar-refractivity contribution in [1.29, 1.82) is 0 Å². The van der Waals surface area contributed by atoms with Crippen molar-refractivity contribution in [2.75, 3.05) is 27.9 Å². The molecular weight excluding hydrogens is 378 g/mol. The molecule has 26 heavy (non-hydrogen) atoms. The van der Waals surface area contributed by atoms with E-state index in [4.69, 9.17) is 25.8 Å². The molecular formula is C18H22ClNO5S. The van der Waals surface area contributed by atoms with Crippen molar-refractivity contribution in [3.63, 3.8) is 0 Å². The number of sulfonamides is 1. The lowest BCUT2D eigenvalue weighted by Gasteiger charge is -2.29. The maximum Gasteiger partial charge on any atom is 0.244 e. The van der Waals surface area contributed by atoms with Crippen molar-refractivity contribution < 1.29 is 22.6 Å². The minimum atomic E-state index is -3.87. The maximum absolute atomic E-state index is 12.8. The molecule has 1 atom stereocenters. The molecule has 0 heterocycles. The molecule has 0 spiro atoms. The second kappa shape index (κ2) is 8.26. The third-order valence-corrected chi connectivity index (χ3v) is 5.80. The van der Waals surface area contributed by atoms with Gasteiger partial charge in [-0.15, -0.1) is 0 Å². The van der Waals surface area contributed by atoms with Crippen molar-refractivity contribution in [1.82, 2.24) is 4.72 Å². The third kappa shape index (κ3) is 4.48. The zero-order chi connectivity index (χ0) is 19.4. The lowest BCUT2D eigenvalue weighted by molar-refractivity contribution is 0.00698. The molecule has 142 valence electrons. The zero-order valence-electron chi connectivity index (χ0n) is 15.1. The summed E-state index contributed by atoms with van der Waals surface area (Å²) in [7, 11) is 0.524. The summed E-state index contributed by atoms with van der Waals surface area (Å²) < 4.78 is 44.1. The van der Waals surface area contributed by atoms with Gasteiger partial charge in [-0.05, 0) is 36.8 Å². The molecule has 0 radical (unpaired) electrons. The van der Waals surface area contributed by atoms with Gasteiger partial charge >= 0.3 is 0 Å². The fraction of sp³-hybridized carbons (Fsp3) is 0.333. The van der Waals surface area contributed by atoms with Gasteiger partial charge in [0, 0.05) is 24.7 Å². The lowest BCUT2D eigenvalue weighted by atomic mass is 9.96. The van der Waals surface area contributed by atoms with Gasteiger partial charge in [0.25, 0.3) is 0 Å².